The Morgan fingerprint density at radius 2 is 1.74 bits per heavy atom. The highest BCUT2D eigenvalue weighted by molar-refractivity contribution is 5.25. The van der Waals surface area contributed by atoms with Crippen LogP contribution in [0.4, 0.5) is 4.39 Å². The number of rotatable bonds is 6. The van der Waals surface area contributed by atoms with Crippen molar-refractivity contribution in [3.05, 3.63) is 47.0 Å². The predicted molar refractivity (Wildman–Crippen MR) is 88.1 cm³/mol. The van der Waals surface area contributed by atoms with Crippen molar-refractivity contribution in [2.75, 3.05) is 13.2 Å². The van der Waals surface area contributed by atoms with Crippen LogP contribution < -0.4 is 5.32 Å². The van der Waals surface area contributed by atoms with E-state index in [4.69, 9.17) is 0 Å². The van der Waals surface area contributed by atoms with Crippen molar-refractivity contribution in [1.29, 1.82) is 0 Å². The van der Waals surface area contributed by atoms with Crippen LogP contribution in [-0.4, -0.2) is 52.9 Å². The minimum atomic E-state index is -1.37. The molecule has 4 nitrogen and oxygen atoms in total. The molecule has 4 atom stereocenters. The fourth-order valence-corrected chi connectivity index (χ4v) is 2.80. The van der Waals surface area contributed by atoms with Gasteiger partial charge in [0, 0.05) is 0 Å². The van der Waals surface area contributed by atoms with Gasteiger partial charge in [-0.15, -0.1) is 0 Å². The van der Waals surface area contributed by atoms with E-state index in [0.29, 0.717) is 12.5 Å². The molecule has 0 saturated carbocycles. The van der Waals surface area contributed by atoms with Crippen LogP contribution in [-0.2, 0) is 6.42 Å². The maximum absolute atomic E-state index is 12.8. The van der Waals surface area contributed by atoms with Gasteiger partial charge in [-0.1, -0.05) is 44.2 Å². The molecule has 0 amide bonds. The smallest absolute Gasteiger partial charge is 0.113 e. The summed E-state index contributed by atoms with van der Waals surface area (Å²) < 4.78 is 12.8. The van der Waals surface area contributed by atoms with Crippen molar-refractivity contribution in [2.24, 2.45) is 0 Å². The van der Waals surface area contributed by atoms with Gasteiger partial charge in [0.25, 0.3) is 0 Å². The molecule has 128 valence electrons. The molecule has 1 aromatic carbocycles. The lowest BCUT2D eigenvalue weighted by molar-refractivity contribution is -0.0628. The van der Waals surface area contributed by atoms with Crippen LogP contribution >= 0.6 is 0 Å². The molecule has 23 heavy (non-hydrogen) atoms. The molecule has 0 saturated heterocycles. The van der Waals surface area contributed by atoms with Gasteiger partial charge in [0.05, 0.1) is 6.04 Å². The van der Waals surface area contributed by atoms with E-state index in [0.717, 1.165) is 6.42 Å². The van der Waals surface area contributed by atoms with Crippen molar-refractivity contribution in [2.45, 2.75) is 50.5 Å². The lowest BCUT2D eigenvalue weighted by atomic mass is 9.88. The van der Waals surface area contributed by atoms with Crippen LogP contribution in [0.15, 0.2) is 35.9 Å². The summed E-state index contributed by atoms with van der Waals surface area (Å²) >= 11 is 0. The largest absolute Gasteiger partial charge is 0.388 e. The van der Waals surface area contributed by atoms with Gasteiger partial charge in [0.15, 0.2) is 0 Å². The lowest BCUT2D eigenvalue weighted by Gasteiger charge is -2.34. The Kier molecular flexibility index (Phi) is 6.30. The second kappa shape index (κ2) is 8.02. The van der Waals surface area contributed by atoms with Crippen molar-refractivity contribution in [1.82, 2.24) is 5.32 Å². The van der Waals surface area contributed by atoms with E-state index < -0.39 is 31.0 Å². The quantitative estimate of drug-likeness (QED) is 0.596. The molecule has 0 heterocycles. The van der Waals surface area contributed by atoms with Crippen LogP contribution in [0.1, 0.15) is 30.9 Å². The zero-order valence-electron chi connectivity index (χ0n) is 13.6. The fourth-order valence-electron chi connectivity index (χ4n) is 2.80. The van der Waals surface area contributed by atoms with E-state index in [1.807, 2.05) is 0 Å². The summed E-state index contributed by atoms with van der Waals surface area (Å²) in [5, 5.41) is 32.5. The first-order valence-corrected chi connectivity index (χ1v) is 8.07. The minimum absolute atomic E-state index is 0.113. The van der Waals surface area contributed by atoms with E-state index in [-0.39, 0.29) is 5.57 Å². The Morgan fingerprint density at radius 3 is 2.30 bits per heavy atom. The Bertz CT molecular complexity index is 530. The van der Waals surface area contributed by atoms with Crippen molar-refractivity contribution < 1.29 is 19.7 Å². The molecular formula is C18H26FNO3. The van der Waals surface area contributed by atoms with Crippen LogP contribution in [0.2, 0.25) is 0 Å². The minimum Gasteiger partial charge on any atom is -0.388 e. The summed E-state index contributed by atoms with van der Waals surface area (Å²) in [6, 6.07) is 7.81. The molecule has 0 bridgehead atoms. The number of benzene rings is 1. The maximum atomic E-state index is 12.8. The number of hydrogen-bond acceptors (Lipinski definition) is 4. The number of hydrogen-bond donors (Lipinski definition) is 4. The standard InChI is InChI=1S/C18H26FNO3/c1-11(2)13-5-3-12(4-6-13)7-8-20-15-9-14(10-19)16(21)18(23)17(15)22/h3-6,9,11,15-18,20-23H,7-8,10H2,1-2H3/t15-,16+,17+,18+/m1/s1. The third-order valence-corrected chi connectivity index (χ3v) is 4.41. The third kappa shape index (κ3) is 4.38. The molecule has 0 radical (unpaired) electrons. The molecule has 1 aliphatic rings. The Balaban J connectivity index is 1.91. The average molecular weight is 323 g/mol. The Hall–Kier alpha value is -1.27. The number of alkyl halides is 1. The molecule has 0 fully saturated rings. The van der Waals surface area contributed by atoms with Crippen molar-refractivity contribution >= 4 is 0 Å². The van der Waals surface area contributed by atoms with Crippen molar-refractivity contribution in [3.8, 4) is 0 Å². The first kappa shape index (κ1) is 18.1. The Morgan fingerprint density at radius 1 is 1.09 bits per heavy atom. The highest BCUT2D eigenvalue weighted by atomic mass is 19.1. The Labute approximate surface area is 136 Å². The zero-order chi connectivity index (χ0) is 17.0. The van der Waals surface area contributed by atoms with Crippen LogP contribution in [0.5, 0.6) is 0 Å². The summed E-state index contributed by atoms with van der Waals surface area (Å²) in [5.74, 6) is 0.497. The summed E-state index contributed by atoms with van der Waals surface area (Å²) in [4.78, 5) is 0. The summed E-state index contributed by atoms with van der Waals surface area (Å²) in [5.41, 5.74) is 2.57. The van der Waals surface area contributed by atoms with Gasteiger partial charge in [-0.2, -0.15) is 0 Å². The summed E-state index contributed by atoms with van der Waals surface area (Å²) in [6.45, 7) is 4.05. The molecule has 5 heteroatoms. The van der Waals surface area contributed by atoms with E-state index >= 15 is 0 Å². The van der Waals surface area contributed by atoms with Crippen LogP contribution in [0, 0.1) is 0 Å². The predicted octanol–water partition coefficient (Wildman–Crippen LogP) is 1.30. The van der Waals surface area contributed by atoms with E-state index in [1.54, 1.807) is 0 Å². The van der Waals surface area contributed by atoms with Gasteiger partial charge in [0.1, 0.15) is 25.0 Å². The maximum Gasteiger partial charge on any atom is 0.113 e. The van der Waals surface area contributed by atoms with Gasteiger partial charge < -0.3 is 20.6 Å². The third-order valence-electron chi connectivity index (χ3n) is 4.41. The fraction of sp³-hybridized carbons (Fsp3) is 0.556. The summed E-state index contributed by atoms with van der Waals surface area (Å²) in [6.07, 6.45) is -1.61. The van der Waals surface area contributed by atoms with Gasteiger partial charge in [-0.25, -0.2) is 4.39 Å². The van der Waals surface area contributed by atoms with Crippen LogP contribution in [0.25, 0.3) is 0 Å². The summed E-state index contributed by atoms with van der Waals surface area (Å²) in [7, 11) is 0. The average Bonchev–Trinajstić information content (AvgIpc) is 2.55. The molecule has 2 rings (SSSR count). The number of halogens is 1. The van der Waals surface area contributed by atoms with E-state index in [1.165, 1.54) is 17.2 Å². The normalized spacial score (nSPS) is 28.0. The topological polar surface area (TPSA) is 72.7 Å². The van der Waals surface area contributed by atoms with Crippen LogP contribution in [0.3, 0.4) is 0 Å². The van der Waals surface area contributed by atoms with Crippen molar-refractivity contribution in [3.63, 3.8) is 0 Å². The first-order chi connectivity index (χ1) is 10.9. The molecule has 0 aromatic heterocycles. The molecule has 1 aromatic rings. The molecule has 0 unspecified atom stereocenters. The molecule has 1 aliphatic carbocycles. The molecule has 0 spiro atoms. The van der Waals surface area contributed by atoms with Gasteiger partial charge in [0.2, 0.25) is 0 Å². The van der Waals surface area contributed by atoms with Gasteiger partial charge in [-0.3, -0.25) is 0 Å². The first-order valence-electron chi connectivity index (χ1n) is 8.07. The zero-order valence-corrected chi connectivity index (χ0v) is 13.6. The van der Waals surface area contributed by atoms with E-state index in [2.05, 4.69) is 43.4 Å². The van der Waals surface area contributed by atoms with Gasteiger partial charge in [-0.05, 0) is 35.6 Å². The highest BCUT2D eigenvalue weighted by Crippen LogP contribution is 2.21. The monoisotopic (exact) mass is 323 g/mol. The number of nitrogens with one attached hydrogen (secondary N) is 1. The number of aliphatic hydroxyl groups is 3. The van der Waals surface area contributed by atoms with Gasteiger partial charge >= 0.3 is 0 Å². The highest BCUT2D eigenvalue weighted by Gasteiger charge is 2.36. The second-order valence-electron chi connectivity index (χ2n) is 6.43. The lowest BCUT2D eigenvalue weighted by Crippen LogP contribution is -2.54. The SMILES string of the molecule is CC(C)c1ccc(CCN[C@@H]2C=C(CF)[C@H](O)[C@H](O)[C@H]2O)cc1. The second-order valence-corrected chi connectivity index (χ2v) is 6.43. The van der Waals surface area contributed by atoms with E-state index in [9.17, 15) is 19.7 Å². The molecule has 0 aliphatic heterocycles. The number of aliphatic hydroxyl groups excluding tert-OH is 3. The molecular weight excluding hydrogens is 297 g/mol. The molecule has 4 N–H and O–H groups in total.